The zero-order chi connectivity index (χ0) is 18.1. The Kier molecular flexibility index (Phi) is 5.80. The van der Waals surface area contributed by atoms with Crippen LogP contribution in [0.5, 0.6) is 5.75 Å². The number of phenols is 1. The molecule has 24 heavy (non-hydrogen) atoms. The van der Waals surface area contributed by atoms with Gasteiger partial charge in [0.1, 0.15) is 11.4 Å². The van der Waals surface area contributed by atoms with Gasteiger partial charge < -0.3 is 19.6 Å². The van der Waals surface area contributed by atoms with Crippen molar-refractivity contribution in [1.82, 2.24) is 9.80 Å². The lowest BCUT2D eigenvalue weighted by atomic mass is 10.1. The lowest BCUT2D eigenvalue weighted by Crippen LogP contribution is -2.51. The highest BCUT2D eigenvalue weighted by Gasteiger charge is 2.28. The summed E-state index contributed by atoms with van der Waals surface area (Å²) in [7, 11) is 0. The molecule has 0 aliphatic carbocycles. The molecule has 1 aromatic rings. The van der Waals surface area contributed by atoms with Crippen molar-refractivity contribution in [1.29, 1.82) is 0 Å². The summed E-state index contributed by atoms with van der Waals surface area (Å²) in [6.45, 7) is 7.21. The highest BCUT2D eigenvalue weighted by molar-refractivity contribution is 9.11. The highest BCUT2D eigenvalue weighted by Crippen LogP contribution is 2.33. The molecular formula is C16H20Br2N2O4. The zero-order valence-corrected chi connectivity index (χ0v) is 17.0. The molecule has 0 saturated carbocycles. The number of benzene rings is 1. The van der Waals surface area contributed by atoms with Gasteiger partial charge in [-0.05, 0) is 64.8 Å². The predicted molar refractivity (Wildman–Crippen MR) is 97.2 cm³/mol. The van der Waals surface area contributed by atoms with Crippen molar-refractivity contribution in [2.24, 2.45) is 0 Å². The summed E-state index contributed by atoms with van der Waals surface area (Å²) in [4.78, 5) is 27.9. The molecule has 132 valence electrons. The van der Waals surface area contributed by atoms with Gasteiger partial charge in [-0.15, -0.1) is 0 Å². The number of hydrogen-bond donors (Lipinski definition) is 1. The number of piperazine rings is 1. The van der Waals surface area contributed by atoms with Crippen LogP contribution in [0.25, 0.3) is 0 Å². The molecule has 8 heteroatoms. The van der Waals surface area contributed by atoms with E-state index in [9.17, 15) is 14.7 Å². The largest absolute Gasteiger partial charge is 0.506 e. The number of carbonyl (C=O) groups excluding carboxylic acids is 2. The van der Waals surface area contributed by atoms with Crippen molar-refractivity contribution in [2.75, 3.05) is 26.2 Å². The summed E-state index contributed by atoms with van der Waals surface area (Å²) in [6.07, 6.45) is -0.357. The van der Waals surface area contributed by atoms with Crippen molar-refractivity contribution in [3.05, 3.63) is 26.6 Å². The van der Waals surface area contributed by atoms with E-state index in [4.69, 9.17) is 4.74 Å². The van der Waals surface area contributed by atoms with Gasteiger partial charge in [0.15, 0.2) is 0 Å². The van der Waals surface area contributed by atoms with Crippen LogP contribution in [0.3, 0.4) is 0 Å². The Hall–Kier alpha value is -1.28. The van der Waals surface area contributed by atoms with Crippen LogP contribution in [0.15, 0.2) is 21.1 Å². The number of hydrogen-bond acceptors (Lipinski definition) is 4. The Labute approximate surface area is 158 Å². The molecule has 0 spiro atoms. The van der Waals surface area contributed by atoms with Crippen molar-refractivity contribution >= 4 is 43.9 Å². The zero-order valence-electron chi connectivity index (χ0n) is 13.8. The fourth-order valence-electron chi connectivity index (χ4n) is 2.29. The average Bonchev–Trinajstić information content (AvgIpc) is 2.50. The molecule has 1 aliphatic rings. The Bertz CT molecular complexity index is 627. The van der Waals surface area contributed by atoms with Crippen LogP contribution < -0.4 is 0 Å². The molecule has 2 rings (SSSR count). The Morgan fingerprint density at radius 1 is 1.04 bits per heavy atom. The quantitative estimate of drug-likeness (QED) is 0.690. The minimum absolute atomic E-state index is 0.0568. The lowest BCUT2D eigenvalue weighted by Gasteiger charge is -2.35. The van der Waals surface area contributed by atoms with Gasteiger partial charge in [-0.1, -0.05) is 0 Å². The number of nitrogens with zero attached hydrogens (tertiary/aromatic N) is 2. The monoisotopic (exact) mass is 462 g/mol. The van der Waals surface area contributed by atoms with Gasteiger partial charge in [-0.3, -0.25) is 4.79 Å². The van der Waals surface area contributed by atoms with E-state index in [1.54, 1.807) is 21.9 Å². The van der Waals surface area contributed by atoms with Crippen LogP contribution in [-0.2, 0) is 4.74 Å². The molecule has 1 aromatic carbocycles. The average molecular weight is 464 g/mol. The van der Waals surface area contributed by atoms with Crippen LogP contribution in [-0.4, -0.2) is 58.7 Å². The first kappa shape index (κ1) is 19.1. The predicted octanol–water partition coefficient (Wildman–Crippen LogP) is 3.61. The first-order chi connectivity index (χ1) is 11.1. The second-order valence-corrected chi connectivity index (χ2v) is 8.26. The van der Waals surface area contributed by atoms with Crippen molar-refractivity contribution < 1.29 is 19.4 Å². The maximum atomic E-state index is 12.6. The van der Waals surface area contributed by atoms with Gasteiger partial charge >= 0.3 is 6.09 Å². The van der Waals surface area contributed by atoms with Gasteiger partial charge in [0.05, 0.1) is 8.95 Å². The van der Waals surface area contributed by atoms with E-state index in [2.05, 4.69) is 31.9 Å². The maximum Gasteiger partial charge on any atom is 0.410 e. The number of aromatic hydroxyl groups is 1. The third-order valence-corrected chi connectivity index (χ3v) is 4.69. The topological polar surface area (TPSA) is 70.1 Å². The molecular weight excluding hydrogens is 444 g/mol. The normalized spacial score (nSPS) is 15.4. The van der Waals surface area contributed by atoms with E-state index in [0.29, 0.717) is 40.7 Å². The summed E-state index contributed by atoms with van der Waals surface area (Å²) in [6, 6.07) is 3.17. The molecule has 0 radical (unpaired) electrons. The second-order valence-electron chi connectivity index (χ2n) is 6.55. The summed E-state index contributed by atoms with van der Waals surface area (Å²) in [5.74, 6) is -0.0819. The van der Waals surface area contributed by atoms with Crippen LogP contribution in [0.4, 0.5) is 4.79 Å². The van der Waals surface area contributed by atoms with Crippen LogP contribution in [0, 0.1) is 0 Å². The third kappa shape index (κ3) is 4.63. The van der Waals surface area contributed by atoms with E-state index in [1.807, 2.05) is 20.8 Å². The van der Waals surface area contributed by atoms with Crippen LogP contribution >= 0.6 is 31.9 Å². The fraction of sp³-hybridized carbons (Fsp3) is 0.500. The molecule has 6 nitrogen and oxygen atoms in total. The first-order valence-corrected chi connectivity index (χ1v) is 9.12. The number of halogens is 2. The Morgan fingerprint density at radius 3 is 1.96 bits per heavy atom. The van der Waals surface area contributed by atoms with Gasteiger partial charge in [0.2, 0.25) is 0 Å². The Morgan fingerprint density at radius 2 is 1.50 bits per heavy atom. The number of amides is 2. The number of ether oxygens (including phenoxy) is 1. The molecule has 1 N–H and O–H groups in total. The SMILES string of the molecule is CC(C)(C)OC(=O)N1CCN(C(=O)c2cc(Br)c(O)c(Br)c2)CC1. The summed E-state index contributed by atoms with van der Waals surface area (Å²) >= 11 is 6.45. The van der Waals surface area contributed by atoms with Gasteiger partial charge in [-0.2, -0.15) is 0 Å². The molecule has 0 atom stereocenters. The van der Waals surface area contributed by atoms with Crippen molar-refractivity contribution in [3.63, 3.8) is 0 Å². The molecule has 1 fully saturated rings. The third-order valence-electron chi connectivity index (χ3n) is 3.48. The van der Waals surface area contributed by atoms with Gasteiger partial charge in [0, 0.05) is 31.7 Å². The molecule has 0 unspecified atom stereocenters. The number of rotatable bonds is 1. The molecule has 0 aromatic heterocycles. The number of phenolic OH excluding ortho intramolecular Hbond substituents is 1. The van der Waals surface area contributed by atoms with E-state index in [-0.39, 0.29) is 17.7 Å². The van der Waals surface area contributed by atoms with E-state index < -0.39 is 5.60 Å². The maximum absolute atomic E-state index is 12.6. The summed E-state index contributed by atoms with van der Waals surface area (Å²) in [5.41, 5.74) is -0.0634. The first-order valence-electron chi connectivity index (χ1n) is 7.53. The molecule has 0 bridgehead atoms. The Balaban J connectivity index is 1.99. The highest BCUT2D eigenvalue weighted by atomic mass is 79.9. The smallest absolute Gasteiger partial charge is 0.410 e. The standard InChI is InChI=1S/C16H20Br2N2O4/c1-16(2,3)24-15(23)20-6-4-19(5-7-20)14(22)10-8-11(17)13(21)12(18)9-10/h8-9,21H,4-7H2,1-3H3. The van der Waals surface area contributed by atoms with Crippen molar-refractivity contribution in [3.8, 4) is 5.75 Å². The summed E-state index contributed by atoms with van der Waals surface area (Å²) in [5, 5.41) is 9.73. The lowest BCUT2D eigenvalue weighted by molar-refractivity contribution is 0.0141. The number of carbonyl (C=O) groups is 2. The summed E-state index contributed by atoms with van der Waals surface area (Å²) < 4.78 is 6.25. The molecule has 2 amide bonds. The molecule has 1 aliphatic heterocycles. The van der Waals surface area contributed by atoms with E-state index in [1.165, 1.54) is 0 Å². The fourth-order valence-corrected chi connectivity index (χ4v) is 3.48. The van der Waals surface area contributed by atoms with Crippen LogP contribution in [0.1, 0.15) is 31.1 Å². The van der Waals surface area contributed by atoms with Gasteiger partial charge in [-0.25, -0.2) is 4.79 Å². The van der Waals surface area contributed by atoms with Crippen LogP contribution in [0.2, 0.25) is 0 Å². The molecule has 1 heterocycles. The van der Waals surface area contributed by atoms with E-state index in [0.717, 1.165) is 0 Å². The van der Waals surface area contributed by atoms with E-state index >= 15 is 0 Å². The molecule has 1 saturated heterocycles. The minimum atomic E-state index is -0.533. The van der Waals surface area contributed by atoms with Gasteiger partial charge in [0.25, 0.3) is 5.91 Å². The second kappa shape index (κ2) is 7.31. The minimum Gasteiger partial charge on any atom is -0.506 e. The van der Waals surface area contributed by atoms with Crippen molar-refractivity contribution in [2.45, 2.75) is 26.4 Å².